The fourth-order valence-electron chi connectivity index (χ4n) is 5.96. The van der Waals surface area contributed by atoms with E-state index in [-0.39, 0.29) is 35.8 Å². The van der Waals surface area contributed by atoms with Crippen molar-refractivity contribution in [3.63, 3.8) is 0 Å². The van der Waals surface area contributed by atoms with Gasteiger partial charge in [0.15, 0.2) is 0 Å². The van der Waals surface area contributed by atoms with Crippen molar-refractivity contribution in [3.05, 3.63) is 51.5 Å². The molecule has 1 aromatic carbocycles. The third kappa shape index (κ3) is 2.29. The average molecular weight is 437 g/mol. The van der Waals surface area contributed by atoms with E-state index in [1.165, 1.54) is 0 Å². The monoisotopic (exact) mass is 436 g/mol. The van der Waals surface area contributed by atoms with Crippen LogP contribution in [0.4, 0.5) is 5.69 Å². The van der Waals surface area contributed by atoms with Crippen LogP contribution < -0.4 is 15.4 Å². The lowest BCUT2D eigenvalue weighted by atomic mass is 9.68. The molecule has 4 heterocycles. The molecule has 8 nitrogen and oxygen atoms in total. The minimum Gasteiger partial charge on any atom is -0.462 e. The Morgan fingerprint density at radius 3 is 2.78 bits per heavy atom. The molecule has 8 heteroatoms. The second-order valence-electron chi connectivity index (χ2n) is 9.65. The molecule has 3 N–H and O–H groups in total. The van der Waals surface area contributed by atoms with Crippen LogP contribution in [0.1, 0.15) is 68.0 Å². The van der Waals surface area contributed by atoms with E-state index in [4.69, 9.17) is 15.2 Å². The first-order chi connectivity index (χ1) is 15.1. The molecule has 0 bridgehead atoms. The van der Waals surface area contributed by atoms with Gasteiger partial charge in [-0.25, -0.2) is 4.79 Å². The van der Waals surface area contributed by atoms with Crippen LogP contribution in [0.2, 0.25) is 0 Å². The number of nitrogens with two attached hydrogens (primary N) is 1. The number of ether oxygens (including phenoxy) is 2. The molecule has 2 unspecified atom stereocenters. The topological polar surface area (TPSA) is 111 Å². The summed E-state index contributed by atoms with van der Waals surface area (Å²) < 4.78 is 11.1. The third-order valence-electron chi connectivity index (χ3n) is 6.97. The summed E-state index contributed by atoms with van der Waals surface area (Å²) in [6, 6.07) is 4.12. The molecule has 0 saturated heterocycles. The molecule has 0 saturated carbocycles. The zero-order valence-electron chi connectivity index (χ0n) is 19.3. The normalized spacial score (nSPS) is 25.0. The van der Waals surface area contributed by atoms with E-state index in [0.29, 0.717) is 11.3 Å². The number of carbonyl (C=O) groups excluding carboxylic acids is 2. The van der Waals surface area contributed by atoms with Crippen LogP contribution in [-0.4, -0.2) is 34.2 Å². The number of rotatable bonds is 2. The summed E-state index contributed by atoms with van der Waals surface area (Å²) in [5, 5.41) is 7.17. The lowest BCUT2D eigenvalue weighted by Gasteiger charge is -2.44. The number of hydrogen-bond acceptors (Lipinski definition) is 6. The molecule has 5 rings (SSSR count). The highest BCUT2D eigenvalue weighted by Gasteiger charge is 2.65. The Hall–Kier alpha value is -3.29. The summed E-state index contributed by atoms with van der Waals surface area (Å²) >= 11 is 0. The van der Waals surface area contributed by atoms with Crippen LogP contribution >= 0.6 is 0 Å². The van der Waals surface area contributed by atoms with Crippen molar-refractivity contribution in [2.24, 2.45) is 5.73 Å². The zero-order valence-corrected chi connectivity index (χ0v) is 19.3. The summed E-state index contributed by atoms with van der Waals surface area (Å²) in [6.45, 7) is 12.0. The molecule has 3 aliphatic rings. The smallest absolute Gasteiger partial charge is 0.341 e. The standard InChI is InChI=1S/C24H28N4O4/c1-7-31-21(29)17-19(25)32-20-16(13(4)26-27-20)24(17)15-9-11(2)8-14-12(3)10-23(5,6)28(18(14)15)22(24)30/h8-9,12H,7,10,25H2,1-6H3,(H,26,27). The molecular weight excluding hydrogens is 408 g/mol. The van der Waals surface area contributed by atoms with E-state index >= 15 is 0 Å². The van der Waals surface area contributed by atoms with E-state index in [9.17, 15) is 9.59 Å². The molecule has 1 amide bonds. The first-order valence-electron chi connectivity index (χ1n) is 11.0. The molecule has 32 heavy (non-hydrogen) atoms. The number of aryl methyl sites for hydroxylation is 2. The second kappa shape index (κ2) is 6.37. The Labute approximate surface area is 186 Å². The first kappa shape index (κ1) is 20.6. The van der Waals surface area contributed by atoms with Gasteiger partial charge in [-0.3, -0.25) is 9.89 Å². The van der Waals surface area contributed by atoms with Gasteiger partial charge < -0.3 is 20.1 Å². The number of anilines is 1. The van der Waals surface area contributed by atoms with E-state index < -0.39 is 16.9 Å². The Morgan fingerprint density at radius 2 is 2.09 bits per heavy atom. The SMILES string of the molecule is CCOC(=O)C1=C(N)Oc2n[nH]c(C)c2C12C(=O)N1c3c(cc(C)cc32)C(C)CC1(C)C. The lowest BCUT2D eigenvalue weighted by Crippen LogP contribution is -2.55. The number of hydrogen-bond donors (Lipinski definition) is 2. The van der Waals surface area contributed by atoms with Crippen molar-refractivity contribution in [2.45, 2.75) is 64.8 Å². The Morgan fingerprint density at radius 1 is 1.38 bits per heavy atom. The van der Waals surface area contributed by atoms with Crippen molar-refractivity contribution in [1.82, 2.24) is 10.2 Å². The highest BCUT2D eigenvalue weighted by atomic mass is 16.5. The average Bonchev–Trinajstić information content (AvgIpc) is 3.17. The summed E-state index contributed by atoms with van der Waals surface area (Å²) in [4.78, 5) is 29.8. The highest BCUT2D eigenvalue weighted by molar-refractivity contribution is 6.20. The number of carbonyl (C=O) groups is 2. The van der Waals surface area contributed by atoms with Gasteiger partial charge in [0.05, 0.1) is 17.9 Å². The van der Waals surface area contributed by atoms with E-state index in [2.05, 4.69) is 37.0 Å². The van der Waals surface area contributed by atoms with Crippen LogP contribution in [0, 0.1) is 13.8 Å². The van der Waals surface area contributed by atoms with Crippen LogP contribution in [0.25, 0.3) is 0 Å². The minimum atomic E-state index is -1.49. The van der Waals surface area contributed by atoms with Crippen molar-refractivity contribution in [3.8, 4) is 5.88 Å². The molecule has 2 atom stereocenters. The Balaban J connectivity index is 1.96. The van der Waals surface area contributed by atoms with Crippen molar-refractivity contribution < 1.29 is 19.1 Å². The van der Waals surface area contributed by atoms with Gasteiger partial charge in [0.25, 0.3) is 0 Å². The number of amides is 1. The van der Waals surface area contributed by atoms with Gasteiger partial charge in [-0.05, 0) is 52.5 Å². The van der Waals surface area contributed by atoms with Gasteiger partial charge in [-0.15, -0.1) is 5.10 Å². The van der Waals surface area contributed by atoms with Crippen molar-refractivity contribution in [1.29, 1.82) is 0 Å². The quantitative estimate of drug-likeness (QED) is 0.700. The number of fused-ring (bicyclic) bond motifs is 3. The fraction of sp³-hybridized carbons (Fsp3) is 0.458. The maximum absolute atomic E-state index is 14.6. The number of esters is 1. The minimum absolute atomic E-state index is 0.0204. The Bertz CT molecular complexity index is 1220. The molecule has 0 radical (unpaired) electrons. The lowest BCUT2D eigenvalue weighted by molar-refractivity contribution is -0.141. The number of nitrogens with zero attached hydrogens (tertiary/aromatic N) is 2. The van der Waals surface area contributed by atoms with Crippen LogP contribution in [-0.2, 0) is 19.7 Å². The molecule has 3 aliphatic heterocycles. The van der Waals surface area contributed by atoms with Gasteiger partial charge in [0, 0.05) is 16.8 Å². The summed E-state index contributed by atoms with van der Waals surface area (Å²) in [7, 11) is 0. The van der Waals surface area contributed by atoms with Gasteiger partial charge in [0.1, 0.15) is 11.0 Å². The number of aromatic nitrogens is 2. The summed E-state index contributed by atoms with van der Waals surface area (Å²) in [5.41, 5.74) is 9.25. The molecule has 168 valence electrons. The third-order valence-corrected chi connectivity index (χ3v) is 6.97. The Kier molecular flexibility index (Phi) is 4.10. The molecule has 0 fully saturated rings. The van der Waals surface area contributed by atoms with Gasteiger partial charge >= 0.3 is 5.97 Å². The maximum Gasteiger partial charge on any atom is 0.341 e. The molecule has 1 spiro atoms. The van der Waals surface area contributed by atoms with E-state index in [1.54, 1.807) is 6.92 Å². The number of benzene rings is 1. The number of H-pyrrole nitrogens is 1. The van der Waals surface area contributed by atoms with Crippen LogP contribution in [0.5, 0.6) is 5.88 Å². The van der Waals surface area contributed by atoms with Crippen LogP contribution in [0.3, 0.4) is 0 Å². The van der Waals surface area contributed by atoms with Gasteiger partial charge in [-0.2, -0.15) is 0 Å². The molecule has 0 aliphatic carbocycles. The molecular formula is C24H28N4O4. The summed E-state index contributed by atoms with van der Waals surface area (Å²) in [6.07, 6.45) is 0.798. The van der Waals surface area contributed by atoms with Crippen molar-refractivity contribution >= 4 is 17.6 Å². The predicted molar refractivity (Wildman–Crippen MR) is 118 cm³/mol. The second-order valence-corrected chi connectivity index (χ2v) is 9.65. The highest BCUT2D eigenvalue weighted by Crippen LogP contribution is 2.61. The van der Waals surface area contributed by atoms with E-state index in [0.717, 1.165) is 28.8 Å². The largest absolute Gasteiger partial charge is 0.462 e. The fourth-order valence-corrected chi connectivity index (χ4v) is 5.96. The van der Waals surface area contributed by atoms with Gasteiger partial charge in [0.2, 0.25) is 17.7 Å². The number of aromatic amines is 1. The van der Waals surface area contributed by atoms with Crippen molar-refractivity contribution in [2.75, 3.05) is 11.5 Å². The van der Waals surface area contributed by atoms with E-state index in [1.807, 2.05) is 24.8 Å². The maximum atomic E-state index is 14.6. The predicted octanol–water partition coefficient (Wildman–Crippen LogP) is 3.07. The number of nitrogens with one attached hydrogen (secondary N) is 1. The van der Waals surface area contributed by atoms with Crippen LogP contribution in [0.15, 0.2) is 23.6 Å². The summed E-state index contributed by atoms with van der Waals surface area (Å²) in [5.74, 6) is -0.587. The zero-order chi connectivity index (χ0) is 23.2. The first-order valence-corrected chi connectivity index (χ1v) is 11.0. The molecule has 1 aromatic heterocycles. The molecule has 2 aromatic rings. The van der Waals surface area contributed by atoms with Gasteiger partial charge in [-0.1, -0.05) is 24.6 Å².